The van der Waals surface area contributed by atoms with E-state index in [1.165, 1.54) is 30.6 Å². The Kier molecular flexibility index (Phi) is 4.98. The zero-order valence-corrected chi connectivity index (χ0v) is 15.8. The maximum Gasteiger partial charge on any atom is 0.255 e. The molecule has 150 valence electrons. The van der Waals surface area contributed by atoms with Gasteiger partial charge in [0, 0.05) is 30.5 Å². The number of fused-ring (bicyclic) bond motifs is 1. The number of nitrogens with one attached hydrogen (secondary N) is 4. The standard InChI is InChI=1S/C20H21FN6O2/c1-23-15-6-10(21)2-5-13(15)17(22)16-9-25-19-18(27-16)14(8-24-19)20(29)26-11-3-4-12(28)7-11/h2,5-6,8-9,11-12,22-23,28H,3-4,7H2,1H3,(H,24,25)(H,26,29). The third-order valence-electron chi connectivity index (χ3n) is 5.14. The molecule has 2 atom stereocenters. The van der Waals surface area contributed by atoms with Crippen molar-refractivity contribution < 1.29 is 14.3 Å². The Morgan fingerprint density at radius 3 is 2.90 bits per heavy atom. The van der Waals surface area contributed by atoms with Gasteiger partial charge in [-0.15, -0.1) is 0 Å². The van der Waals surface area contributed by atoms with Gasteiger partial charge in [0.25, 0.3) is 5.91 Å². The Labute approximate surface area is 166 Å². The lowest BCUT2D eigenvalue weighted by Gasteiger charge is -2.12. The van der Waals surface area contributed by atoms with Gasteiger partial charge in [-0.2, -0.15) is 0 Å². The molecular weight excluding hydrogens is 375 g/mol. The Balaban J connectivity index is 1.65. The van der Waals surface area contributed by atoms with Gasteiger partial charge in [-0.05, 0) is 37.5 Å². The molecule has 1 fully saturated rings. The third kappa shape index (κ3) is 3.68. The van der Waals surface area contributed by atoms with Gasteiger partial charge in [0.2, 0.25) is 0 Å². The van der Waals surface area contributed by atoms with Crippen LogP contribution in [-0.2, 0) is 0 Å². The molecule has 1 amide bonds. The van der Waals surface area contributed by atoms with E-state index in [2.05, 4.69) is 25.6 Å². The van der Waals surface area contributed by atoms with Crippen LogP contribution in [0.5, 0.6) is 0 Å². The molecule has 2 aromatic heterocycles. The van der Waals surface area contributed by atoms with Crippen molar-refractivity contribution in [2.45, 2.75) is 31.4 Å². The second-order valence-corrected chi connectivity index (χ2v) is 7.11. The van der Waals surface area contributed by atoms with Crippen molar-refractivity contribution in [3.05, 3.63) is 53.2 Å². The van der Waals surface area contributed by atoms with E-state index >= 15 is 0 Å². The molecule has 1 aliphatic carbocycles. The highest BCUT2D eigenvalue weighted by Crippen LogP contribution is 2.23. The summed E-state index contributed by atoms with van der Waals surface area (Å²) in [6, 6.07) is 4.02. The van der Waals surface area contributed by atoms with Crippen LogP contribution in [0.2, 0.25) is 0 Å². The second-order valence-electron chi connectivity index (χ2n) is 7.11. The normalized spacial score (nSPS) is 18.7. The van der Waals surface area contributed by atoms with Gasteiger partial charge in [-0.25, -0.2) is 14.4 Å². The SMILES string of the molecule is CNc1cc(F)ccc1C(=N)c1cnc2[nH]cc(C(=O)NC3CCC(O)C3)c2n1. The minimum Gasteiger partial charge on any atom is -0.393 e. The maximum atomic E-state index is 13.5. The molecule has 0 spiro atoms. The molecule has 0 saturated heterocycles. The van der Waals surface area contributed by atoms with Crippen LogP contribution in [0.15, 0.2) is 30.6 Å². The monoisotopic (exact) mass is 396 g/mol. The van der Waals surface area contributed by atoms with Crippen LogP contribution < -0.4 is 10.6 Å². The number of halogens is 1. The average molecular weight is 396 g/mol. The molecule has 29 heavy (non-hydrogen) atoms. The quantitative estimate of drug-likeness (QED) is 0.423. The molecule has 2 unspecified atom stereocenters. The number of hydrogen-bond acceptors (Lipinski definition) is 6. The Morgan fingerprint density at radius 2 is 2.17 bits per heavy atom. The summed E-state index contributed by atoms with van der Waals surface area (Å²) in [5, 5.41) is 23.9. The molecule has 3 aromatic rings. The van der Waals surface area contributed by atoms with Gasteiger partial charge in [-0.3, -0.25) is 10.2 Å². The van der Waals surface area contributed by atoms with Gasteiger partial charge in [0.15, 0.2) is 5.65 Å². The van der Waals surface area contributed by atoms with E-state index in [1.54, 1.807) is 7.05 Å². The smallest absolute Gasteiger partial charge is 0.255 e. The number of benzene rings is 1. The number of anilines is 1. The fourth-order valence-corrected chi connectivity index (χ4v) is 3.62. The number of carbonyl (C=O) groups is 1. The molecule has 1 aromatic carbocycles. The Bertz CT molecular complexity index is 1100. The second kappa shape index (κ2) is 7.59. The van der Waals surface area contributed by atoms with E-state index in [0.717, 1.165) is 6.42 Å². The number of rotatable bonds is 5. The predicted molar refractivity (Wildman–Crippen MR) is 107 cm³/mol. The summed E-state index contributed by atoms with van der Waals surface area (Å²) >= 11 is 0. The van der Waals surface area contributed by atoms with Crippen LogP contribution in [0.25, 0.3) is 11.2 Å². The Morgan fingerprint density at radius 1 is 1.34 bits per heavy atom. The van der Waals surface area contributed by atoms with Crippen molar-refractivity contribution in [2.75, 3.05) is 12.4 Å². The van der Waals surface area contributed by atoms with Crippen molar-refractivity contribution in [1.29, 1.82) is 5.41 Å². The largest absolute Gasteiger partial charge is 0.393 e. The first kappa shape index (κ1) is 19.0. The van der Waals surface area contributed by atoms with Crippen LogP contribution >= 0.6 is 0 Å². The van der Waals surface area contributed by atoms with Gasteiger partial charge in [0.05, 0.1) is 23.6 Å². The van der Waals surface area contributed by atoms with Crippen LogP contribution in [0.4, 0.5) is 10.1 Å². The number of aromatic nitrogens is 3. The zero-order valence-electron chi connectivity index (χ0n) is 15.8. The molecule has 1 saturated carbocycles. The third-order valence-corrected chi connectivity index (χ3v) is 5.14. The molecule has 8 nitrogen and oxygen atoms in total. The van der Waals surface area contributed by atoms with E-state index in [0.29, 0.717) is 40.8 Å². The van der Waals surface area contributed by atoms with Crippen molar-refractivity contribution in [3.63, 3.8) is 0 Å². The van der Waals surface area contributed by atoms with E-state index < -0.39 is 5.82 Å². The van der Waals surface area contributed by atoms with Crippen LogP contribution in [0, 0.1) is 11.2 Å². The summed E-state index contributed by atoms with van der Waals surface area (Å²) in [5.74, 6) is -0.708. The highest BCUT2D eigenvalue weighted by Gasteiger charge is 2.26. The number of nitrogens with zero attached hydrogens (tertiary/aromatic N) is 2. The van der Waals surface area contributed by atoms with Crippen molar-refractivity contribution >= 4 is 28.5 Å². The fraction of sp³-hybridized carbons (Fsp3) is 0.300. The van der Waals surface area contributed by atoms with Gasteiger partial charge in [0.1, 0.15) is 17.0 Å². The van der Waals surface area contributed by atoms with E-state index in [-0.39, 0.29) is 29.5 Å². The maximum absolute atomic E-state index is 13.5. The molecule has 0 aliphatic heterocycles. The molecule has 5 N–H and O–H groups in total. The van der Waals surface area contributed by atoms with Crippen LogP contribution in [-0.4, -0.2) is 50.9 Å². The predicted octanol–water partition coefficient (Wildman–Crippen LogP) is 2.20. The number of aromatic amines is 1. The number of aliphatic hydroxyl groups excluding tert-OH is 1. The lowest BCUT2D eigenvalue weighted by molar-refractivity contribution is 0.0935. The molecule has 0 radical (unpaired) electrons. The molecule has 0 bridgehead atoms. The summed E-state index contributed by atoms with van der Waals surface area (Å²) in [6.45, 7) is 0. The average Bonchev–Trinajstić information content (AvgIpc) is 3.32. The molecule has 9 heteroatoms. The lowest BCUT2D eigenvalue weighted by atomic mass is 10.1. The highest BCUT2D eigenvalue weighted by atomic mass is 19.1. The topological polar surface area (TPSA) is 127 Å². The number of carbonyl (C=O) groups excluding carboxylic acids is 1. The summed E-state index contributed by atoms with van der Waals surface area (Å²) in [6.07, 6.45) is 4.54. The van der Waals surface area contributed by atoms with E-state index in [1.807, 2.05) is 0 Å². The molecule has 1 aliphatic rings. The number of H-pyrrole nitrogens is 1. The number of amides is 1. The minimum absolute atomic E-state index is 0.0650. The zero-order chi connectivity index (χ0) is 20.5. The first-order chi connectivity index (χ1) is 14.0. The van der Waals surface area contributed by atoms with Crippen molar-refractivity contribution in [2.24, 2.45) is 0 Å². The van der Waals surface area contributed by atoms with Crippen LogP contribution in [0.1, 0.15) is 40.9 Å². The first-order valence-corrected chi connectivity index (χ1v) is 9.36. The molecular formula is C20H21FN6O2. The summed E-state index contributed by atoms with van der Waals surface area (Å²) in [4.78, 5) is 24.4. The van der Waals surface area contributed by atoms with E-state index in [4.69, 9.17) is 5.41 Å². The fourth-order valence-electron chi connectivity index (χ4n) is 3.62. The summed E-state index contributed by atoms with van der Waals surface area (Å²) in [5.41, 5.74) is 2.40. The number of aliphatic hydroxyl groups is 1. The lowest BCUT2D eigenvalue weighted by Crippen LogP contribution is -2.33. The van der Waals surface area contributed by atoms with Crippen LogP contribution in [0.3, 0.4) is 0 Å². The first-order valence-electron chi connectivity index (χ1n) is 9.36. The van der Waals surface area contributed by atoms with Crippen molar-refractivity contribution in [3.8, 4) is 0 Å². The number of hydrogen-bond donors (Lipinski definition) is 5. The summed E-state index contributed by atoms with van der Waals surface area (Å²) < 4.78 is 13.5. The molecule has 2 heterocycles. The highest BCUT2D eigenvalue weighted by molar-refractivity contribution is 6.14. The van der Waals surface area contributed by atoms with Crippen molar-refractivity contribution in [1.82, 2.24) is 20.3 Å². The van der Waals surface area contributed by atoms with Gasteiger partial charge in [-0.1, -0.05) is 0 Å². The molecule has 4 rings (SSSR count). The Hall–Kier alpha value is -3.33. The van der Waals surface area contributed by atoms with Gasteiger partial charge >= 0.3 is 0 Å². The van der Waals surface area contributed by atoms with E-state index in [9.17, 15) is 14.3 Å². The van der Waals surface area contributed by atoms with Gasteiger partial charge < -0.3 is 20.7 Å². The minimum atomic E-state index is -0.408. The summed E-state index contributed by atoms with van der Waals surface area (Å²) in [7, 11) is 1.65.